The molecule has 0 unspecified atom stereocenters. The molecule has 19 heavy (non-hydrogen) atoms. The van der Waals surface area contributed by atoms with E-state index in [4.69, 9.17) is 9.88 Å². The molecular weight excluding hydrogens is 270 g/mol. The van der Waals surface area contributed by atoms with E-state index in [1.165, 1.54) is 0 Å². The summed E-state index contributed by atoms with van der Waals surface area (Å²) in [6, 6.07) is 0. The van der Waals surface area contributed by atoms with Crippen molar-refractivity contribution in [3.05, 3.63) is 0 Å². The maximum Gasteiger partial charge on any atom is 0.228 e. The third-order valence-electron chi connectivity index (χ3n) is 3.35. The van der Waals surface area contributed by atoms with Gasteiger partial charge in [0.1, 0.15) is 0 Å². The minimum Gasteiger partial charge on any atom is -0.384 e. The van der Waals surface area contributed by atoms with Crippen LogP contribution in [0.3, 0.4) is 0 Å². The predicted molar refractivity (Wildman–Crippen MR) is 72.0 cm³/mol. The van der Waals surface area contributed by atoms with Gasteiger partial charge >= 0.3 is 0 Å². The molecule has 0 atom stereocenters. The molecule has 1 rings (SSSR count). The van der Waals surface area contributed by atoms with Gasteiger partial charge in [0.25, 0.3) is 0 Å². The highest BCUT2D eigenvalue weighted by Gasteiger charge is 2.39. The molecule has 4 N–H and O–H groups in total. The first-order valence-electron chi connectivity index (χ1n) is 6.38. The van der Waals surface area contributed by atoms with Gasteiger partial charge in [0.15, 0.2) is 0 Å². The molecule has 0 bridgehead atoms. The number of hydrogen-bond donors (Lipinski definition) is 3. The maximum absolute atomic E-state index is 12.2. The van der Waals surface area contributed by atoms with Gasteiger partial charge < -0.3 is 15.4 Å². The molecule has 1 aliphatic heterocycles. The Morgan fingerprint density at radius 3 is 2.58 bits per heavy atom. The van der Waals surface area contributed by atoms with Gasteiger partial charge in [-0.25, -0.2) is 13.6 Å². The fourth-order valence-corrected chi connectivity index (χ4v) is 2.83. The monoisotopic (exact) mass is 293 g/mol. The quantitative estimate of drug-likeness (QED) is 0.511. The number of hydrogen-bond acceptors (Lipinski definition) is 5. The van der Waals surface area contributed by atoms with Crippen molar-refractivity contribution >= 4 is 15.9 Å². The number of primary sulfonamides is 1. The van der Waals surface area contributed by atoms with E-state index in [1.807, 2.05) is 0 Å². The Kier molecular flexibility index (Phi) is 6.18. The lowest BCUT2D eigenvalue weighted by Gasteiger charge is -2.35. The number of piperidine rings is 1. The maximum atomic E-state index is 12.2. The average Bonchev–Trinajstić information content (AvgIpc) is 2.34. The van der Waals surface area contributed by atoms with Crippen molar-refractivity contribution in [2.24, 2.45) is 10.6 Å². The Morgan fingerprint density at radius 1 is 1.42 bits per heavy atom. The highest BCUT2D eigenvalue weighted by Crippen LogP contribution is 2.29. The Bertz CT molecular complexity index is 385. The summed E-state index contributed by atoms with van der Waals surface area (Å²) in [6.07, 6.45) is 1.77. The van der Waals surface area contributed by atoms with Crippen LogP contribution in [0.4, 0.5) is 0 Å². The number of rotatable bonds is 7. The third-order valence-corrected chi connectivity index (χ3v) is 4.21. The van der Waals surface area contributed by atoms with Gasteiger partial charge in [-0.05, 0) is 32.4 Å². The van der Waals surface area contributed by atoms with Gasteiger partial charge in [-0.3, -0.25) is 4.79 Å². The molecule has 0 aliphatic carbocycles. The normalized spacial score (nSPS) is 19.1. The van der Waals surface area contributed by atoms with Crippen LogP contribution in [0.2, 0.25) is 0 Å². The summed E-state index contributed by atoms with van der Waals surface area (Å²) in [4.78, 5) is 12.2. The number of carbonyl (C=O) groups excluding carboxylic acids is 1. The molecule has 7 nitrogen and oxygen atoms in total. The van der Waals surface area contributed by atoms with Crippen LogP contribution in [-0.2, 0) is 19.6 Å². The number of sulfonamides is 1. The minimum absolute atomic E-state index is 0.0646. The van der Waals surface area contributed by atoms with E-state index in [2.05, 4.69) is 10.6 Å². The Labute approximate surface area is 114 Å². The number of amides is 1. The van der Waals surface area contributed by atoms with Crippen LogP contribution in [-0.4, -0.2) is 53.4 Å². The summed E-state index contributed by atoms with van der Waals surface area (Å²) < 4.78 is 26.7. The van der Waals surface area contributed by atoms with Crippen LogP contribution in [0.5, 0.6) is 0 Å². The standard InChI is InChI=1S/C11H23N3O4S/c1-18-9-11(3-6-13-7-4-11)10(15)14-5-2-8-19(12,16)17/h13H,2-9H2,1H3,(H,14,15)(H2,12,16,17). The molecule has 1 fully saturated rings. The van der Waals surface area contributed by atoms with Gasteiger partial charge in [0.05, 0.1) is 17.8 Å². The summed E-state index contributed by atoms with van der Waals surface area (Å²) in [5.41, 5.74) is -0.498. The van der Waals surface area contributed by atoms with E-state index in [0.29, 0.717) is 19.6 Å². The first-order valence-corrected chi connectivity index (χ1v) is 8.10. The van der Waals surface area contributed by atoms with Crippen molar-refractivity contribution in [2.75, 3.05) is 39.1 Å². The van der Waals surface area contributed by atoms with Crippen LogP contribution >= 0.6 is 0 Å². The van der Waals surface area contributed by atoms with Crippen molar-refractivity contribution in [1.82, 2.24) is 10.6 Å². The van der Waals surface area contributed by atoms with E-state index in [9.17, 15) is 13.2 Å². The second-order valence-corrected chi connectivity index (χ2v) is 6.67. The van der Waals surface area contributed by atoms with Gasteiger partial charge in [-0.1, -0.05) is 0 Å². The lowest BCUT2D eigenvalue weighted by molar-refractivity contribution is -0.136. The molecular formula is C11H23N3O4S. The number of methoxy groups -OCH3 is 1. The summed E-state index contributed by atoms with van der Waals surface area (Å²) in [6.45, 7) is 2.27. The molecule has 1 amide bonds. The highest BCUT2D eigenvalue weighted by atomic mass is 32.2. The fourth-order valence-electron chi connectivity index (χ4n) is 2.28. The third kappa shape index (κ3) is 5.43. The van der Waals surface area contributed by atoms with E-state index in [-0.39, 0.29) is 11.7 Å². The first kappa shape index (κ1) is 16.4. The van der Waals surface area contributed by atoms with Crippen LogP contribution in [0.25, 0.3) is 0 Å². The number of nitrogens with two attached hydrogens (primary N) is 1. The molecule has 0 aromatic rings. The van der Waals surface area contributed by atoms with Crippen molar-refractivity contribution in [3.8, 4) is 0 Å². The van der Waals surface area contributed by atoms with Crippen molar-refractivity contribution in [3.63, 3.8) is 0 Å². The van der Waals surface area contributed by atoms with Gasteiger partial charge in [0.2, 0.25) is 15.9 Å². The van der Waals surface area contributed by atoms with Crippen LogP contribution in [0.1, 0.15) is 19.3 Å². The lowest BCUT2D eigenvalue weighted by Crippen LogP contribution is -2.50. The topological polar surface area (TPSA) is 111 Å². The predicted octanol–water partition coefficient (Wildman–Crippen LogP) is -1.20. The molecule has 1 aliphatic rings. The average molecular weight is 293 g/mol. The number of ether oxygens (including phenoxy) is 1. The van der Waals surface area contributed by atoms with E-state index in [0.717, 1.165) is 25.9 Å². The second-order valence-electron chi connectivity index (χ2n) is 4.94. The van der Waals surface area contributed by atoms with Crippen LogP contribution in [0, 0.1) is 5.41 Å². The molecule has 0 aromatic carbocycles. The summed E-state index contributed by atoms with van der Waals surface area (Å²) in [5, 5.41) is 10.9. The summed E-state index contributed by atoms with van der Waals surface area (Å²) >= 11 is 0. The highest BCUT2D eigenvalue weighted by molar-refractivity contribution is 7.89. The number of carbonyl (C=O) groups is 1. The molecule has 112 valence electrons. The minimum atomic E-state index is -3.46. The summed E-state index contributed by atoms with van der Waals surface area (Å²) in [7, 11) is -1.88. The summed E-state index contributed by atoms with van der Waals surface area (Å²) in [5.74, 6) is -0.184. The second kappa shape index (κ2) is 7.18. The molecule has 1 heterocycles. The van der Waals surface area contributed by atoms with Crippen molar-refractivity contribution in [1.29, 1.82) is 0 Å². The first-order chi connectivity index (χ1) is 8.90. The van der Waals surface area contributed by atoms with Gasteiger partial charge in [-0.2, -0.15) is 0 Å². The molecule has 0 spiro atoms. The van der Waals surface area contributed by atoms with Crippen molar-refractivity contribution in [2.45, 2.75) is 19.3 Å². The largest absolute Gasteiger partial charge is 0.384 e. The fraction of sp³-hybridized carbons (Fsp3) is 0.909. The SMILES string of the molecule is COCC1(C(=O)NCCCS(N)(=O)=O)CCNCC1. The molecule has 0 aromatic heterocycles. The zero-order valence-electron chi connectivity index (χ0n) is 11.3. The van der Waals surface area contributed by atoms with E-state index < -0.39 is 15.4 Å². The van der Waals surface area contributed by atoms with Crippen LogP contribution < -0.4 is 15.8 Å². The molecule has 0 saturated carbocycles. The van der Waals surface area contributed by atoms with E-state index in [1.54, 1.807) is 7.11 Å². The van der Waals surface area contributed by atoms with E-state index >= 15 is 0 Å². The molecule has 8 heteroatoms. The zero-order chi connectivity index (χ0) is 14.4. The van der Waals surface area contributed by atoms with Gasteiger partial charge in [-0.15, -0.1) is 0 Å². The smallest absolute Gasteiger partial charge is 0.228 e. The Hall–Kier alpha value is -0.700. The Balaban J connectivity index is 2.44. The van der Waals surface area contributed by atoms with Crippen molar-refractivity contribution < 1.29 is 17.9 Å². The van der Waals surface area contributed by atoms with Crippen LogP contribution in [0.15, 0.2) is 0 Å². The Morgan fingerprint density at radius 2 is 2.05 bits per heavy atom. The lowest BCUT2D eigenvalue weighted by atomic mass is 9.78. The zero-order valence-corrected chi connectivity index (χ0v) is 12.1. The molecule has 0 radical (unpaired) electrons. The van der Waals surface area contributed by atoms with Gasteiger partial charge in [0, 0.05) is 13.7 Å². The number of nitrogens with one attached hydrogen (secondary N) is 2. The molecule has 1 saturated heterocycles.